The zero-order chi connectivity index (χ0) is 13.1. The number of carbonyl (C=O) groups excluding carboxylic acids is 1. The lowest BCUT2D eigenvalue weighted by molar-refractivity contribution is -0.118. The van der Waals surface area contributed by atoms with Gasteiger partial charge >= 0.3 is 0 Å². The van der Waals surface area contributed by atoms with Crippen LogP contribution in [-0.2, 0) is 16.9 Å². The van der Waals surface area contributed by atoms with E-state index < -0.39 is 0 Å². The molecule has 0 aliphatic heterocycles. The van der Waals surface area contributed by atoms with Crippen LogP contribution in [0.4, 0.5) is 0 Å². The summed E-state index contributed by atoms with van der Waals surface area (Å²) < 4.78 is 1.82. The average molecular weight is 239 g/mol. The highest BCUT2D eigenvalue weighted by Gasteiger charge is 2.15. The van der Waals surface area contributed by atoms with E-state index in [1.165, 1.54) is 0 Å². The third kappa shape index (κ3) is 4.52. The van der Waals surface area contributed by atoms with Crippen LogP contribution in [0, 0.1) is 0 Å². The third-order valence-corrected chi connectivity index (χ3v) is 2.37. The van der Waals surface area contributed by atoms with Crippen molar-refractivity contribution in [2.24, 2.45) is 5.73 Å². The first-order valence-electron chi connectivity index (χ1n) is 5.72. The molecule has 1 aromatic heterocycles. The lowest BCUT2D eigenvalue weighted by atomic mass is 10.1. The number of hydrogen-bond acceptors (Lipinski definition) is 4. The molecule has 0 aliphatic rings. The van der Waals surface area contributed by atoms with Crippen LogP contribution in [0.5, 0.6) is 0 Å². The van der Waals surface area contributed by atoms with E-state index in [-0.39, 0.29) is 17.5 Å². The predicted octanol–water partition coefficient (Wildman–Crippen LogP) is 0.387. The predicted molar refractivity (Wildman–Crippen MR) is 65.1 cm³/mol. The molecular formula is C11H21N5O. The minimum absolute atomic E-state index is 0.0484. The Labute approximate surface area is 102 Å². The molecular weight excluding hydrogens is 218 g/mol. The second kappa shape index (κ2) is 5.27. The molecule has 1 amide bonds. The second-order valence-corrected chi connectivity index (χ2v) is 5.28. The van der Waals surface area contributed by atoms with Gasteiger partial charge in [-0.05, 0) is 27.7 Å². The Bertz CT molecular complexity index is 379. The number of hydrogen-bond donors (Lipinski definition) is 2. The molecule has 0 fully saturated rings. The number of nitrogens with two attached hydrogens (primary N) is 1. The molecule has 0 spiro atoms. The number of nitrogens with one attached hydrogen (secondary N) is 1. The number of carbonyl (C=O) groups is 1. The van der Waals surface area contributed by atoms with Crippen LogP contribution in [-0.4, -0.2) is 26.9 Å². The SMILES string of the molecule is CC(CC(N)=O)NCc1cn(C(C)(C)C)nn1. The van der Waals surface area contributed by atoms with Crippen molar-refractivity contribution in [1.29, 1.82) is 0 Å². The molecule has 0 bridgehead atoms. The lowest BCUT2D eigenvalue weighted by Crippen LogP contribution is -2.30. The third-order valence-electron chi connectivity index (χ3n) is 2.37. The summed E-state index contributed by atoms with van der Waals surface area (Å²) in [5.41, 5.74) is 5.90. The molecule has 0 radical (unpaired) electrons. The molecule has 6 heteroatoms. The second-order valence-electron chi connectivity index (χ2n) is 5.28. The number of amides is 1. The molecule has 1 atom stereocenters. The van der Waals surface area contributed by atoms with Crippen LogP contribution in [0.2, 0.25) is 0 Å². The first kappa shape index (κ1) is 13.6. The van der Waals surface area contributed by atoms with Gasteiger partial charge in [0.1, 0.15) is 0 Å². The molecule has 6 nitrogen and oxygen atoms in total. The fourth-order valence-electron chi connectivity index (χ4n) is 1.36. The molecule has 0 aliphatic carbocycles. The quantitative estimate of drug-likeness (QED) is 0.778. The molecule has 1 unspecified atom stereocenters. The van der Waals surface area contributed by atoms with E-state index in [0.717, 1.165) is 5.69 Å². The van der Waals surface area contributed by atoms with Gasteiger partial charge in [0.25, 0.3) is 0 Å². The van der Waals surface area contributed by atoms with Crippen LogP contribution >= 0.6 is 0 Å². The Morgan fingerprint density at radius 3 is 2.71 bits per heavy atom. The maximum Gasteiger partial charge on any atom is 0.218 e. The highest BCUT2D eigenvalue weighted by atomic mass is 16.1. The van der Waals surface area contributed by atoms with Crippen molar-refractivity contribution in [1.82, 2.24) is 20.3 Å². The molecule has 3 N–H and O–H groups in total. The highest BCUT2D eigenvalue weighted by Crippen LogP contribution is 2.11. The maximum atomic E-state index is 10.7. The maximum absolute atomic E-state index is 10.7. The van der Waals surface area contributed by atoms with Gasteiger partial charge < -0.3 is 11.1 Å². The fourth-order valence-corrected chi connectivity index (χ4v) is 1.36. The zero-order valence-electron chi connectivity index (χ0n) is 10.9. The number of aromatic nitrogens is 3. The summed E-state index contributed by atoms with van der Waals surface area (Å²) in [4.78, 5) is 10.7. The van der Waals surface area contributed by atoms with Gasteiger partial charge in [-0.25, -0.2) is 4.68 Å². The van der Waals surface area contributed by atoms with E-state index in [1.807, 2.05) is 17.8 Å². The Kier molecular flexibility index (Phi) is 4.22. The van der Waals surface area contributed by atoms with E-state index in [1.54, 1.807) is 0 Å². The van der Waals surface area contributed by atoms with Crippen LogP contribution in [0.15, 0.2) is 6.20 Å². The van der Waals surface area contributed by atoms with Gasteiger partial charge in [0, 0.05) is 19.0 Å². The Morgan fingerprint density at radius 1 is 1.59 bits per heavy atom. The van der Waals surface area contributed by atoms with Crippen molar-refractivity contribution in [3.63, 3.8) is 0 Å². The summed E-state index contributed by atoms with van der Waals surface area (Å²) in [6, 6.07) is 0.0484. The van der Waals surface area contributed by atoms with E-state index >= 15 is 0 Å². The van der Waals surface area contributed by atoms with Crippen LogP contribution in [0.25, 0.3) is 0 Å². The smallest absolute Gasteiger partial charge is 0.218 e. The van der Waals surface area contributed by atoms with Gasteiger partial charge in [0.05, 0.1) is 17.4 Å². The standard InChI is InChI=1S/C11H21N5O/c1-8(5-10(12)17)13-6-9-7-16(15-14-9)11(2,3)4/h7-8,13H,5-6H2,1-4H3,(H2,12,17). The normalized spacial score (nSPS) is 13.6. The minimum Gasteiger partial charge on any atom is -0.370 e. The molecule has 0 aromatic carbocycles. The lowest BCUT2D eigenvalue weighted by Gasteiger charge is -2.17. The summed E-state index contributed by atoms with van der Waals surface area (Å²) in [6.45, 7) is 8.70. The summed E-state index contributed by atoms with van der Waals surface area (Å²) in [5, 5.41) is 11.3. The van der Waals surface area contributed by atoms with E-state index in [2.05, 4.69) is 36.4 Å². The molecule has 0 saturated carbocycles. The van der Waals surface area contributed by atoms with Gasteiger partial charge in [0.15, 0.2) is 0 Å². The minimum atomic E-state index is -0.302. The van der Waals surface area contributed by atoms with E-state index in [4.69, 9.17) is 5.73 Å². The van der Waals surface area contributed by atoms with Crippen molar-refractivity contribution in [2.75, 3.05) is 0 Å². The zero-order valence-corrected chi connectivity index (χ0v) is 10.9. The first-order chi connectivity index (χ1) is 7.79. The van der Waals surface area contributed by atoms with Gasteiger partial charge in [-0.1, -0.05) is 5.21 Å². The van der Waals surface area contributed by atoms with Crippen molar-refractivity contribution < 1.29 is 4.79 Å². The molecule has 0 saturated heterocycles. The van der Waals surface area contributed by atoms with Gasteiger partial charge in [0.2, 0.25) is 5.91 Å². The monoisotopic (exact) mass is 239 g/mol. The highest BCUT2D eigenvalue weighted by molar-refractivity contribution is 5.74. The number of rotatable bonds is 5. The van der Waals surface area contributed by atoms with Crippen molar-refractivity contribution >= 4 is 5.91 Å². The van der Waals surface area contributed by atoms with Crippen molar-refractivity contribution in [3.8, 4) is 0 Å². The van der Waals surface area contributed by atoms with Gasteiger partial charge in [-0.3, -0.25) is 4.79 Å². The number of primary amides is 1. The van der Waals surface area contributed by atoms with E-state index in [9.17, 15) is 4.79 Å². The summed E-state index contributed by atoms with van der Waals surface area (Å²) in [7, 11) is 0. The van der Waals surface area contributed by atoms with Crippen LogP contribution in [0.3, 0.4) is 0 Å². The van der Waals surface area contributed by atoms with Gasteiger partial charge in [-0.2, -0.15) is 0 Å². The number of nitrogens with zero attached hydrogens (tertiary/aromatic N) is 3. The fraction of sp³-hybridized carbons (Fsp3) is 0.727. The first-order valence-corrected chi connectivity index (χ1v) is 5.72. The van der Waals surface area contributed by atoms with Crippen LogP contribution in [0.1, 0.15) is 39.8 Å². The molecule has 17 heavy (non-hydrogen) atoms. The van der Waals surface area contributed by atoms with Crippen molar-refractivity contribution in [3.05, 3.63) is 11.9 Å². The largest absolute Gasteiger partial charge is 0.370 e. The summed E-state index contributed by atoms with van der Waals surface area (Å²) in [6.07, 6.45) is 2.23. The molecule has 96 valence electrons. The van der Waals surface area contributed by atoms with E-state index in [0.29, 0.717) is 13.0 Å². The topological polar surface area (TPSA) is 85.8 Å². The Hall–Kier alpha value is -1.43. The Balaban J connectivity index is 2.48. The molecule has 1 heterocycles. The van der Waals surface area contributed by atoms with Crippen molar-refractivity contribution in [2.45, 2.75) is 52.2 Å². The van der Waals surface area contributed by atoms with Crippen LogP contribution < -0.4 is 11.1 Å². The average Bonchev–Trinajstić information content (AvgIpc) is 2.61. The molecule has 1 aromatic rings. The summed E-state index contributed by atoms with van der Waals surface area (Å²) in [5.74, 6) is -0.302. The Morgan fingerprint density at radius 2 is 2.24 bits per heavy atom. The summed E-state index contributed by atoms with van der Waals surface area (Å²) >= 11 is 0. The molecule has 1 rings (SSSR count). The van der Waals surface area contributed by atoms with Gasteiger partial charge in [-0.15, -0.1) is 5.10 Å².